The van der Waals surface area contributed by atoms with Crippen LogP contribution in [0.25, 0.3) is 11.3 Å². The number of anilines is 1. The van der Waals surface area contributed by atoms with Gasteiger partial charge in [0.05, 0.1) is 13.7 Å². The number of likely N-dealkylation sites (N-methyl/N-ethyl adjacent to an activating group) is 1. The number of methoxy groups -OCH3 is 1. The zero-order valence-electron chi connectivity index (χ0n) is 18.8. The Bertz CT molecular complexity index is 984. The van der Waals surface area contributed by atoms with Gasteiger partial charge in [-0.15, -0.1) is 0 Å². The van der Waals surface area contributed by atoms with Gasteiger partial charge in [0.15, 0.2) is 5.76 Å². The Morgan fingerprint density at radius 2 is 1.81 bits per heavy atom. The molecule has 1 aliphatic rings. The Labute approximate surface area is 189 Å². The van der Waals surface area contributed by atoms with Gasteiger partial charge in [-0.25, -0.2) is 4.39 Å². The largest absolute Gasteiger partial charge is 0.497 e. The maximum absolute atomic E-state index is 14.0. The average molecular weight is 439 g/mol. The molecule has 0 radical (unpaired) electrons. The van der Waals surface area contributed by atoms with E-state index in [4.69, 9.17) is 9.26 Å². The molecule has 1 aromatic heterocycles. The molecule has 1 saturated heterocycles. The van der Waals surface area contributed by atoms with Gasteiger partial charge in [-0.3, -0.25) is 9.80 Å². The highest BCUT2D eigenvalue weighted by molar-refractivity contribution is 5.59. The SMILES string of the molecule is CCN(CCN1CCN(c2ccc(OC)cc2)CC1)Cc1cc(-c2ccccc2F)no1. The van der Waals surface area contributed by atoms with E-state index in [0.717, 1.165) is 57.3 Å². The Morgan fingerprint density at radius 3 is 2.50 bits per heavy atom. The van der Waals surface area contributed by atoms with E-state index in [9.17, 15) is 4.39 Å². The molecule has 0 atom stereocenters. The summed E-state index contributed by atoms with van der Waals surface area (Å²) in [5.41, 5.74) is 2.26. The first-order valence-electron chi connectivity index (χ1n) is 11.2. The van der Waals surface area contributed by atoms with Crippen molar-refractivity contribution in [2.45, 2.75) is 13.5 Å². The molecule has 6 nitrogen and oxygen atoms in total. The molecule has 0 saturated carbocycles. The number of piperazine rings is 1. The molecule has 0 spiro atoms. The van der Waals surface area contributed by atoms with E-state index in [-0.39, 0.29) is 5.82 Å². The van der Waals surface area contributed by atoms with E-state index in [0.29, 0.717) is 17.8 Å². The first-order chi connectivity index (χ1) is 15.7. The van der Waals surface area contributed by atoms with Gasteiger partial charge in [0.25, 0.3) is 0 Å². The fourth-order valence-electron chi connectivity index (χ4n) is 4.06. The lowest BCUT2D eigenvalue weighted by Gasteiger charge is -2.37. The third-order valence-corrected chi connectivity index (χ3v) is 6.08. The molecule has 7 heteroatoms. The van der Waals surface area contributed by atoms with Crippen molar-refractivity contribution in [3.63, 3.8) is 0 Å². The normalized spacial score (nSPS) is 14.8. The van der Waals surface area contributed by atoms with Gasteiger partial charge in [0, 0.05) is 56.6 Å². The molecule has 1 aliphatic heterocycles. The second-order valence-electron chi connectivity index (χ2n) is 8.05. The van der Waals surface area contributed by atoms with Crippen molar-refractivity contribution in [1.82, 2.24) is 15.0 Å². The summed E-state index contributed by atoms with van der Waals surface area (Å²) in [6.45, 7) is 9.83. The Kier molecular flexibility index (Phi) is 7.39. The van der Waals surface area contributed by atoms with E-state index < -0.39 is 0 Å². The van der Waals surface area contributed by atoms with Crippen LogP contribution in [0, 0.1) is 5.82 Å². The molecular weight excluding hydrogens is 407 g/mol. The summed E-state index contributed by atoms with van der Waals surface area (Å²) >= 11 is 0. The zero-order valence-corrected chi connectivity index (χ0v) is 18.8. The van der Waals surface area contributed by atoms with Crippen LogP contribution in [0.4, 0.5) is 10.1 Å². The smallest absolute Gasteiger partial charge is 0.151 e. The summed E-state index contributed by atoms with van der Waals surface area (Å²) in [5, 5.41) is 4.07. The van der Waals surface area contributed by atoms with Gasteiger partial charge < -0.3 is 14.2 Å². The number of ether oxygens (including phenoxy) is 1. The fourth-order valence-corrected chi connectivity index (χ4v) is 4.06. The first-order valence-corrected chi connectivity index (χ1v) is 11.2. The molecule has 1 fully saturated rings. The quantitative estimate of drug-likeness (QED) is 0.501. The summed E-state index contributed by atoms with van der Waals surface area (Å²) in [7, 11) is 1.69. The summed E-state index contributed by atoms with van der Waals surface area (Å²) in [5.74, 6) is 1.36. The Morgan fingerprint density at radius 1 is 1.06 bits per heavy atom. The minimum absolute atomic E-state index is 0.284. The second-order valence-corrected chi connectivity index (χ2v) is 8.05. The molecular formula is C25H31FN4O2. The van der Waals surface area contributed by atoms with Crippen LogP contribution >= 0.6 is 0 Å². The van der Waals surface area contributed by atoms with Crippen LogP contribution in [0.3, 0.4) is 0 Å². The third kappa shape index (κ3) is 5.47. The lowest BCUT2D eigenvalue weighted by Crippen LogP contribution is -2.48. The predicted octanol–water partition coefficient (Wildman–Crippen LogP) is 4.13. The van der Waals surface area contributed by atoms with Gasteiger partial charge in [0.1, 0.15) is 17.3 Å². The van der Waals surface area contributed by atoms with Crippen LogP contribution in [0.1, 0.15) is 12.7 Å². The maximum atomic E-state index is 14.0. The van der Waals surface area contributed by atoms with Crippen LogP contribution in [0.15, 0.2) is 59.1 Å². The van der Waals surface area contributed by atoms with Crippen LogP contribution in [0.5, 0.6) is 5.75 Å². The number of aromatic nitrogens is 1. The molecule has 2 heterocycles. The molecule has 4 rings (SSSR count). The number of nitrogens with zero attached hydrogens (tertiary/aromatic N) is 4. The molecule has 32 heavy (non-hydrogen) atoms. The fraction of sp³-hybridized carbons (Fsp3) is 0.400. The highest BCUT2D eigenvalue weighted by atomic mass is 19.1. The average Bonchev–Trinajstić information content (AvgIpc) is 3.30. The third-order valence-electron chi connectivity index (χ3n) is 6.08. The number of benzene rings is 2. The molecule has 0 unspecified atom stereocenters. The zero-order chi connectivity index (χ0) is 22.3. The molecule has 2 aromatic carbocycles. The summed E-state index contributed by atoms with van der Waals surface area (Å²) in [6, 6.07) is 16.8. The van der Waals surface area contributed by atoms with Crippen LogP contribution in [0.2, 0.25) is 0 Å². The molecule has 0 aliphatic carbocycles. The predicted molar refractivity (Wildman–Crippen MR) is 124 cm³/mol. The van der Waals surface area contributed by atoms with Crippen molar-refractivity contribution in [2.75, 3.05) is 57.8 Å². The molecule has 0 N–H and O–H groups in total. The van der Waals surface area contributed by atoms with E-state index in [1.165, 1.54) is 11.8 Å². The van der Waals surface area contributed by atoms with E-state index >= 15 is 0 Å². The minimum atomic E-state index is -0.284. The van der Waals surface area contributed by atoms with Crippen molar-refractivity contribution < 1.29 is 13.7 Å². The van der Waals surface area contributed by atoms with E-state index in [1.807, 2.05) is 18.2 Å². The molecule has 170 valence electrons. The summed E-state index contributed by atoms with van der Waals surface area (Å²) in [4.78, 5) is 7.27. The Hall–Kier alpha value is -2.90. The maximum Gasteiger partial charge on any atom is 0.151 e. The summed E-state index contributed by atoms with van der Waals surface area (Å²) < 4.78 is 24.7. The van der Waals surface area contributed by atoms with Crippen molar-refractivity contribution in [3.8, 4) is 17.0 Å². The minimum Gasteiger partial charge on any atom is -0.497 e. The van der Waals surface area contributed by atoms with Gasteiger partial charge in [-0.05, 0) is 42.9 Å². The van der Waals surface area contributed by atoms with Crippen LogP contribution in [-0.4, -0.2) is 67.9 Å². The topological polar surface area (TPSA) is 45.0 Å². The van der Waals surface area contributed by atoms with E-state index in [1.54, 1.807) is 25.3 Å². The van der Waals surface area contributed by atoms with Gasteiger partial charge in [-0.2, -0.15) is 0 Å². The van der Waals surface area contributed by atoms with Gasteiger partial charge >= 0.3 is 0 Å². The number of halogens is 1. The van der Waals surface area contributed by atoms with Crippen molar-refractivity contribution in [2.24, 2.45) is 0 Å². The Balaban J connectivity index is 1.25. The van der Waals surface area contributed by atoms with Crippen molar-refractivity contribution in [3.05, 3.63) is 66.2 Å². The van der Waals surface area contributed by atoms with E-state index in [2.05, 4.69) is 38.9 Å². The number of rotatable bonds is 9. The van der Waals surface area contributed by atoms with Crippen molar-refractivity contribution >= 4 is 5.69 Å². The molecule has 0 amide bonds. The lowest BCUT2D eigenvalue weighted by atomic mass is 10.1. The van der Waals surface area contributed by atoms with Crippen molar-refractivity contribution in [1.29, 1.82) is 0 Å². The monoisotopic (exact) mass is 438 g/mol. The van der Waals surface area contributed by atoms with Crippen LogP contribution in [-0.2, 0) is 6.54 Å². The summed E-state index contributed by atoms with van der Waals surface area (Å²) in [6.07, 6.45) is 0. The van der Waals surface area contributed by atoms with Gasteiger partial charge in [-0.1, -0.05) is 24.2 Å². The number of hydrogen-bond donors (Lipinski definition) is 0. The van der Waals surface area contributed by atoms with Crippen LogP contribution < -0.4 is 9.64 Å². The molecule has 0 bridgehead atoms. The highest BCUT2D eigenvalue weighted by Crippen LogP contribution is 2.23. The lowest BCUT2D eigenvalue weighted by molar-refractivity contribution is 0.185. The highest BCUT2D eigenvalue weighted by Gasteiger charge is 2.18. The number of hydrogen-bond acceptors (Lipinski definition) is 6. The standard InChI is InChI=1S/C25H31FN4O2/c1-3-28(19-22-18-25(27-32-22)23-6-4-5-7-24(23)26)12-13-29-14-16-30(17-15-29)20-8-10-21(31-2)11-9-20/h4-11,18H,3,12-17,19H2,1-2H3. The second kappa shape index (κ2) is 10.6. The van der Waals surface area contributed by atoms with Gasteiger partial charge in [0.2, 0.25) is 0 Å². The molecule has 3 aromatic rings. The first kappa shape index (κ1) is 22.3.